The smallest absolute Gasteiger partial charge is 0.407 e. The van der Waals surface area contributed by atoms with E-state index < -0.39 is 28.7 Å². The number of nitro benzene ring substituents is 1. The molecule has 1 N–H and O–H groups in total. The fraction of sp³-hybridized carbons (Fsp3) is 0.200. The fourth-order valence-electron chi connectivity index (χ4n) is 2.97. The Morgan fingerprint density at radius 2 is 1.63 bits per heavy atom. The molecule has 1 amide bonds. The summed E-state index contributed by atoms with van der Waals surface area (Å²) in [5, 5.41) is 16.5. The maximum absolute atomic E-state index is 12.6. The Hall–Kier alpha value is -4.60. The molecule has 0 fully saturated rings. The first-order valence-electron chi connectivity index (χ1n) is 10.8. The van der Waals surface area contributed by atoms with Gasteiger partial charge in [0.2, 0.25) is 5.75 Å². The molecule has 3 rings (SSSR count). The van der Waals surface area contributed by atoms with Crippen molar-refractivity contribution < 1.29 is 24.0 Å². The molecule has 0 aliphatic heterocycles. The van der Waals surface area contributed by atoms with E-state index in [4.69, 9.17) is 9.47 Å². The summed E-state index contributed by atoms with van der Waals surface area (Å²) in [4.78, 5) is 46.0. The number of hydrogen-bond donors (Lipinski definition) is 1. The molecule has 0 aromatic heterocycles. The van der Waals surface area contributed by atoms with Crippen molar-refractivity contribution in [3.05, 3.63) is 105 Å². The van der Waals surface area contributed by atoms with Crippen LogP contribution in [-0.4, -0.2) is 17.0 Å². The number of hydrogen-bond acceptors (Lipinski definition) is 8. The van der Waals surface area contributed by atoms with Crippen LogP contribution in [0.1, 0.15) is 37.4 Å². The molecule has 182 valence electrons. The van der Waals surface area contributed by atoms with Crippen LogP contribution in [0.15, 0.2) is 84.0 Å². The first kappa shape index (κ1) is 26.7. The van der Waals surface area contributed by atoms with E-state index >= 15 is 0 Å². The van der Waals surface area contributed by atoms with Gasteiger partial charge >= 0.3 is 17.7 Å². The number of nitro groups is 1. The number of benzene rings is 3. The van der Waals surface area contributed by atoms with E-state index in [0.717, 1.165) is 17.7 Å². The zero-order valence-corrected chi connectivity index (χ0v) is 19.2. The molecule has 10 nitrogen and oxygen atoms in total. The van der Waals surface area contributed by atoms with Crippen LogP contribution in [0, 0.1) is 15.0 Å². The van der Waals surface area contributed by atoms with E-state index in [1.807, 2.05) is 32.0 Å². The topological polar surface area (TPSA) is 137 Å². The lowest BCUT2D eigenvalue weighted by Crippen LogP contribution is -2.31. The molecule has 10 heteroatoms. The molecule has 0 bridgehead atoms. The number of amides is 1. The standard InChI is InChI=1S/C23H19N3O7.C2H6/c27-22(33-21-12-11-18(25-29)13-20(21)26(30)31)14-19(17-9-5-2-6-10-17)24-23(28)32-15-16-7-3-1-4-8-16;1-2/h1-13,19H,14-15H2,(H,24,28);1-2H3/t19-;/m1./s1. The van der Waals surface area contributed by atoms with Crippen molar-refractivity contribution in [2.75, 3.05) is 0 Å². The number of nitroso groups, excluding NO2 is 1. The number of esters is 1. The van der Waals surface area contributed by atoms with Gasteiger partial charge < -0.3 is 14.8 Å². The maximum atomic E-state index is 12.6. The third kappa shape index (κ3) is 8.35. The average molecular weight is 479 g/mol. The van der Waals surface area contributed by atoms with Gasteiger partial charge in [0.1, 0.15) is 12.3 Å². The largest absolute Gasteiger partial charge is 0.445 e. The van der Waals surface area contributed by atoms with Crippen LogP contribution in [0.3, 0.4) is 0 Å². The van der Waals surface area contributed by atoms with Crippen LogP contribution < -0.4 is 10.1 Å². The van der Waals surface area contributed by atoms with E-state index in [0.29, 0.717) is 5.56 Å². The Morgan fingerprint density at radius 1 is 1.00 bits per heavy atom. The summed E-state index contributed by atoms with van der Waals surface area (Å²) in [6.07, 6.45) is -1.07. The third-order valence-electron chi connectivity index (χ3n) is 4.55. The van der Waals surface area contributed by atoms with Crippen LogP contribution >= 0.6 is 0 Å². The summed E-state index contributed by atoms with van der Waals surface area (Å²) < 4.78 is 10.4. The number of nitrogens with one attached hydrogen (secondary N) is 1. The van der Waals surface area contributed by atoms with Crippen LogP contribution in [0.25, 0.3) is 0 Å². The van der Waals surface area contributed by atoms with Crippen LogP contribution in [0.4, 0.5) is 16.2 Å². The first-order valence-corrected chi connectivity index (χ1v) is 10.8. The maximum Gasteiger partial charge on any atom is 0.407 e. The predicted octanol–water partition coefficient (Wildman–Crippen LogP) is 5.98. The number of ether oxygens (including phenoxy) is 2. The van der Waals surface area contributed by atoms with Crippen molar-refractivity contribution in [3.63, 3.8) is 0 Å². The van der Waals surface area contributed by atoms with Gasteiger partial charge in [-0.25, -0.2) is 4.79 Å². The zero-order valence-electron chi connectivity index (χ0n) is 19.2. The van der Waals surface area contributed by atoms with Gasteiger partial charge in [0, 0.05) is 6.07 Å². The second-order valence-corrected chi connectivity index (χ2v) is 6.85. The lowest BCUT2D eigenvalue weighted by molar-refractivity contribution is -0.385. The Bertz CT molecular complexity index is 1140. The van der Waals surface area contributed by atoms with Crippen LogP contribution in [0.5, 0.6) is 5.75 Å². The summed E-state index contributed by atoms with van der Waals surface area (Å²) >= 11 is 0. The first-order chi connectivity index (χ1) is 17.0. The molecule has 0 saturated carbocycles. The van der Waals surface area contributed by atoms with Crippen molar-refractivity contribution in [1.82, 2.24) is 5.32 Å². The quantitative estimate of drug-likeness (QED) is 0.131. The van der Waals surface area contributed by atoms with E-state index in [1.54, 1.807) is 42.5 Å². The summed E-state index contributed by atoms with van der Waals surface area (Å²) in [6.45, 7) is 4.04. The molecule has 3 aromatic rings. The van der Waals surface area contributed by atoms with E-state index in [2.05, 4.69) is 10.5 Å². The number of rotatable bonds is 9. The Morgan fingerprint density at radius 3 is 2.23 bits per heavy atom. The normalized spacial score (nSPS) is 10.7. The average Bonchev–Trinajstić information content (AvgIpc) is 2.89. The Balaban J connectivity index is 0.00000210. The Kier molecular flexibility index (Phi) is 10.5. The van der Waals surface area contributed by atoms with Gasteiger partial charge in [0.05, 0.1) is 17.4 Å². The van der Waals surface area contributed by atoms with Gasteiger partial charge in [0.15, 0.2) is 0 Å². The summed E-state index contributed by atoms with van der Waals surface area (Å²) in [5.41, 5.74) is 0.656. The van der Waals surface area contributed by atoms with Crippen LogP contribution in [0.2, 0.25) is 0 Å². The SMILES string of the molecule is CC.O=Nc1ccc(OC(=O)C[C@@H](NC(=O)OCc2ccccc2)c2ccccc2)c([N+](=O)[O-])c1. The molecule has 0 spiro atoms. The van der Waals surface area contributed by atoms with Crippen molar-refractivity contribution in [1.29, 1.82) is 0 Å². The van der Waals surface area contributed by atoms with Gasteiger partial charge in [0.25, 0.3) is 0 Å². The highest BCUT2D eigenvalue weighted by Crippen LogP contribution is 2.32. The van der Waals surface area contributed by atoms with Crippen LogP contribution in [-0.2, 0) is 16.1 Å². The second kappa shape index (κ2) is 13.8. The molecule has 35 heavy (non-hydrogen) atoms. The van der Waals surface area contributed by atoms with Crippen molar-refractivity contribution in [2.24, 2.45) is 5.18 Å². The van der Waals surface area contributed by atoms with Gasteiger partial charge in [-0.15, -0.1) is 4.91 Å². The molecule has 0 saturated heterocycles. The molecule has 0 unspecified atom stereocenters. The van der Waals surface area contributed by atoms with Crippen molar-refractivity contribution >= 4 is 23.4 Å². The number of alkyl carbamates (subject to hydrolysis) is 1. The lowest BCUT2D eigenvalue weighted by atomic mass is 10.0. The number of nitrogens with zero attached hydrogens (tertiary/aromatic N) is 2. The summed E-state index contributed by atoms with van der Waals surface area (Å²) in [6, 6.07) is 20.2. The van der Waals surface area contributed by atoms with Gasteiger partial charge in [-0.2, -0.15) is 0 Å². The minimum atomic E-state index is -0.831. The molecule has 0 heterocycles. The van der Waals surface area contributed by atoms with Gasteiger partial charge in [-0.05, 0) is 28.4 Å². The third-order valence-corrected chi connectivity index (χ3v) is 4.55. The van der Waals surface area contributed by atoms with Gasteiger partial charge in [-0.3, -0.25) is 14.9 Å². The van der Waals surface area contributed by atoms with E-state index in [1.165, 1.54) is 6.07 Å². The molecular formula is C25H25N3O7. The minimum Gasteiger partial charge on any atom is -0.445 e. The fourth-order valence-corrected chi connectivity index (χ4v) is 2.97. The zero-order chi connectivity index (χ0) is 25.6. The molecule has 3 aromatic carbocycles. The van der Waals surface area contributed by atoms with E-state index in [9.17, 15) is 24.6 Å². The predicted molar refractivity (Wildman–Crippen MR) is 129 cm³/mol. The number of carbonyl (C=O) groups is 2. The Labute approximate surface area is 202 Å². The molecular weight excluding hydrogens is 454 g/mol. The highest BCUT2D eigenvalue weighted by atomic mass is 16.6. The van der Waals surface area contributed by atoms with Crippen molar-refractivity contribution in [2.45, 2.75) is 32.9 Å². The summed E-state index contributed by atoms with van der Waals surface area (Å²) in [5.74, 6) is -1.17. The molecule has 0 aliphatic carbocycles. The van der Waals surface area contributed by atoms with E-state index in [-0.39, 0.29) is 24.5 Å². The highest BCUT2D eigenvalue weighted by Gasteiger charge is 2.24. The molecule has 1 atom stereocenters. The summed E-state index contributed by atoms with van der Waals surface area (Å²) in [7, 11) is 0. The lowest BCUT2D eigenvalue weighted by Gasteiger charge is -2.18. The van der Waals surface area contributed by atoms with Gasteiger partial charge in [-0.1, -0.05) is 74.5 Å². The molecule has 0 aliphatic rings. The molecule has 0 radical (unpaired) electrons. The highest BCUT2D eigenvalue weighted by molar-refractivity contribution is 5.76. The minimum absolute atomic E-state index is 0.0436. The second-order valence-electron chi connectivity index (χ2n) is 6.85. The number of carbonyl (C=O) groups excluding carboxylic acids is 2. The van der Waals surface area contributed by atoms with Crippen molar-refractivity contribution in [3.8, 4) is 5.75 Å². The monoisotopic (exact) mass is 479 g/mol.